The van der Waals surface area contributed by atoms with Crippen molar-refractivity contribution in [2.45, 2.75) is 33.2 Å². The molecule has 3 aromatic carbocycles. The zero-order chi connectivity index (χ0) is 25.1. The SMILES string of the molecule is CCCOc1cccc(C2/C(=C(\O)c3cc(C)ccc3C)C(=O)C(=O)N2c2cccc(OC)c2)c1. The van der Waals surface area contributed by atoms with Crippen LogP contribution in [0.2, 0.25) is 0 Å². The smallest absolute Gasteiger partial charge is 0.300 e. The van der Waals surface area contributed by atoms with Crippen molar-refractivity contribution >= 4 is 23.1 Å². The summed E-state index contributed by atoms with van der Waals surface area (Å²) in [5.41, 5.74) is 3.46. The number of hydrogen-bond acceptors (Lipinski definition) is 5. The van der Waals surface area contributed by atoms with E-state index in [-0.39, 0.29) is 11.3 Å². The molecule has 1 heterocycles. The predicted octanol–water partition coefficient (Wildman–Crippen LogP) is 5.73. The molecule has 35 heavy (non-hydrogen) atoms. The lowest BCUT2D eigenvalue weighted by Gasteiger charge is -2.26. The fraction of sp³-hybridized carbons (Fsp3) is 0.241. The van der Waals surface area contributed by atoms with Gasteiger partial charge in [-0.3, -0.25) is 14.5 Å². The van der Waals surface area contributed by atoms with Crippen molar-refractivity contribution in [3.05, 3.63) is 94.6 Å². The van der Waals surface area contributed by atoms with Crippen LogP contribution in [-0.4, -0.2) is 30.5 Å². The Bertz CT molecular complexity index is 1310. The van der Waals surface area contributed by atoms with Crippen LogP contribution in [0.4, 0.5) is 5.69 Å². The minimum absolute atomic E-state index is 0.0409. The summed E-state index contributed by atoms with van der Waals surface area (Å²) >= 11 is 0. The lowest BCUT2D eigenvalue weighted by molar-refractivity contribution is -0.132. The van der Waals surface area contributed by atoms with Crippen LogP contribution >= 0.6 is 0 Å². The molecule has 3 aromatic rings. The largest absolute Gasteiger partial charge is 0.507 e. The molecule has 1 unspecified atom stereocenters. The van der Waals surface area contributed by atoms with Gasteiger partial charge < -0.3 is 14.6 Å². The van der Waals surface area contributed by atoms with E-state index in [0.29, 0.717) is 34.9 Å². The Morgan fingerprint density at radius 2 is 1.71 bits per heavy atom. The number of ether oxygens (including phenoxy) is 2. The van der Waals surface area contributed by atoms with E-state index in [2.05, 4.69) is 0 Å². The van der Waals surface area contributed by atoms with Crippen molar-refractivity contribution in [2.75, 3.05) is 18.6 Å². The van der Waals surface area contributed by atoms with E-state index < -0.39 is 17.7 Å². The van der Waals surface area contributed by atoms with Gasteiger partial charge in [0, 0.05) is 17.3 Å². The van der Waals surface area contributed by atoms with Gasteiger partial charge in [0.2, 0.25) is 0 Å². The number of methoxy groups -OCH3 is 1. The Hall–Kier alpha value is -4.06. The Morgan fingerprint density at radius 3 is 2.46 bits per heavy atom. The summed E-state index contributed by atoms with van der Waals surface area (Å²) in [6.07, 6.45) is 0.846. The van der Waals surface area contributed by atoms with Gasteiger partial charge in [-0.15, -0.1) is 0 Å². The number of hydrogen-bond donors (Lipinski definition) is 1. The van der Waals surface area contributed by atoms with Crippen LogP contribution in [-0.2, 0) is 9.59 Å². The first-order valence-corrected chi connectivity index (χ1v) is 11.6. The fourth-order valence-electron chi connectivity index (χ4n) is 4.30. The minimum Gasteiger partial charge on any atom is -0.507 e. The quantitative estimate of drug-likeness (QED) is 0.271. The van der Waals surface area contributed by atoms with Crippen molar-refractivity contribution in [3.8, 4) is 11.5 Å². The number of anilines is 1. The Kier molecular flexibility index (Phi) is 6.92. The molecule has 1 N–H and O–H groups in total. The summed E-state index contributed by atoms with van der Waals surface area (Å²) in [7, 11) is 1.54. The van der Waals surface area contributed by atoms with E-state index in [1.165, 1.54) is 4.90 Å². The van der Waals surface area contributed by atoms with E-state index in [0.717, 1.165) is 17.5 Å². The zero-order valence-corrected chi connectivity index (χ0v) is 20.4. The number of rotatable bonds is 7. The molecular weight excluding hydrogens is 442 g/mol. The van der Waals surface area contributed by atoms with Gasteiger partial charge in [0.1, 0.15) is 17.3 Å². The lowest BCUT2D eigenvalue weighted by atomic mass is 9.93. The predicted molar refractivity (Wildman–Crippen MR) is 136 cm³/mol. The third kappa shape index (κ3) is 4.64. The first kappa shape index (κ1) is 24.1. The summed E-state index contributed by atoms with van der Waals surface area (Å²) in [5, 5.41) is 11.4. The summed E-state index contributed by atoms with van der Waals surface area (Å²) in [4.78, 5) is 28.2. The van der Waals surface area contributed by atoms with E-state index in [1.54, 1.807) is 31.4 Å². The number of aryl methyl sites for hydroxylation is 2. The second-order valence-electron chi connectivity index (χ2n) is 8.61. The molecule has 0 aromatic heterocycles. The Morgan fingerprint density at radius 1 is 0.971 bits per heavy atom. The van der Waals surface area contributed by atoms with Gasteiger partial charge in [-0.25, -0.2) is 0 Å². The van der Waals surface area contributed by atoms with Crippen LogP contribution in [0.1, 0.15) is 41.6 Å². The third-order valence-corrected chi connectivity index (χ3v) is 6.07. The van der Waals surface area contributed by atoms with E-state index in [1.807, 2.05) is 63.2 Å². The van der Waals surface area contributed by atoms with Crippen molar-refractivity contribution in [1.82, 2.24) is 0 Å². The van der Waals surface area contributed by atoms with Gasteiger partial charge >= 0.3 is 0 Å². The molecule has 0 spiro atoms. The lowest BCUT2D eigenvalue weighted by Crippen LogP contribution is -2.29. The molecule has 1 aliphatic rings. The van der Waals surface area contributed by atoms with Crippen molar-refractivity contribution in [3.63, 3.8) is 0 Å². The molecule has 180 valence electrons. The average Bonchev–Trinajstić information content (AvgIpc) is 3.14. The highest BCUT2D eigenvalue weighted by molar-refractivity contribution is 6.51. The maximum absolute atomic E-state index is 13.4. The Labute approximate surface area is 205 Å². The molecule has 1 fully saturated rings. The molecule has 0 saturated carbocycles. The molecule has 0 bridgehead atoms. The number of aliphatic hydroxyl groups is 1. The fourth-order valence-corrected chi connectivity index (χ4v) is 4.30. The summed E-state index contributed by atoms with van der Waals surface area (Å²) in [6, 6.07) is 19.1. The third-order valence-electron chi connectivity index (χ3n) is 6.07. The topological polar surface area (TPSA) is 76.1 Å². The molecule has 0 aliphatic carbocycles. The molecule has 0 radical (unpaired) electrons. The summed E-state index contributed by atoms with van der Waals surface area (Å²) in [5.74, 6) is -0.462. The molecule has 4 rings (SSSR count). The highest BCUT2D eigenvalue weighted by Crippen LogP contribution is 2.43. The number of aliphatic hydroxyl groups excluding tert-OH is 1. The molecule has 1 amide bonds. The van der Waals surface area contributed by atoms with Crippen LogP contribution in [0, 0.1) is 13.8 Å². The highest BCUT2D eigenvalue weighted by Gasteiger charge is 2.47. The normalized spacial score (nSPS) is 17.0. The maximum atomic E-state index is 13.4. The molecule has 6 heteroatoms. The van der Waals surface area contributed by atoms with E-state index in [4.69, 9.17) is 9.47 Å². The molecule has 1 saturated heterocycles. The number of benzene rings is 3. The van der Waals surface area contributed by atoms with Gasteiger partial charge in [0.15, 0.2) is 0 Å². The van der Waals surface area contributed by atoms with Crippen LogP contribution in [0.25, 0.3) is 5.76 Å². The summed E-state index contributed by atoms with van der Waals surface area (Å²) in [6.45, 7) is 6.34. The van der Waals surface area contributed by atoms with Crippen molar-refractivity contribution < 1.29 is 24.2 Å². The minimum atomic E-state index is -0.841. The van der Waals surface area contributed by atoms with Gasteiger partial charge in [0.25, 0.3) is 11.7 Å². The van der Waals surface area contributed by atoms with Crippen molar-refractivity contribution in [2.24, 2.45) is 0 Å². The molecule has 1 atom stereocenters. The number of carbonyl (C=O) groups excluding carboxylic acids is 2. The van der Waals surface area contributed by atoms with Crippen LogP contribution in [0.15, 0.2) is 72.3 Å². The van der Waals surface area contributed by atoms with Gasteiger partial charge in [-0.1, -0.05) is 42.8 Å². The van der Waals surface area contributed by atoms with Gasteiger partial charge in [0.05, 0.1) is 25.3 Å². The van der Waals surface area contributed by atoms with Crippen LogP contribution < -0.4 is 14.4 Å². The summed E-state index contributed by atoms with van der Waals surface area (Å²) < 4.78 is 11.2. The Balaban J connectivity index is 1.95. The second-order valence-corrected chi connectivity index (χ2v) is 8.61. The average molecular weight is 472 g/mol. The van der Waals surface area contributed by atoms with Crippen molar-refractivity contribution in [1.29, 1.82) is 0 Å². The number of carbonyl (C=O) groups is 2. The molecule has 6 nitrogen and oxygen atoms in total. The van der Waals surface area contributed by atoms with Gasteiger partial charge in [-0.2, -0.15) is 0 Å². The first-order chi connectivity index (χ1) is 16.8. The van der Waals surface area contributed by atoms with E-state index in [9.17, 15) is 14.7 Å². The van der Waals surface area contributed by atoms with E-state index >= 15 is 0 Å². The first-order valence-electron chi connectivity index (χ1n) is 11.6. The van der Waals surface area contributed by atoms with Gasteiger partial charge in [-0.05, 0) is 61.7 Å². The maximum Gasteiger partial charge on any atom is 0.300 e. The second kappa shape index (κ2) is 10.1. The van der Waals surface area contributed by atoms with Crippen LogP contribution in [0.3, 0.4) is 0 Å². The molecular formula is C29H29NO5. The van der Waals surface area contributed by atoms with Crippen LogP contribution in [0.5, 0.6) is 11.5 Å². The number of ketones is 1. The number of amides is 1. The molecule has 1 aliphatic heterocycles. The zero-order valence-electron chi connectivity index (χ0n) is 20.4. The number of nitrogens with zero attached hydrogens (tertiary/aromatic N) is 1. The monoisotopic (exact) mass is 471 g/mol. The number of Topliss-reactive ketones (excluding diaryl/α,β-unsaturated/α-hetero) is 1. The highest BCUT2D eigenvalue weighted by atomic mass is 16.5. The standard InChI is InChI=1S/C29H29NO5/c1-5-14-35-23-11-6-8-20(16-23)26-25(27(31)24-15-18(2)12-13-19(24)3)28(32)29(33)30(26)21-9-7-10-22(17-21)34-4/h6-13,15-17,26,31H,5,14H2,1-4H3/b27-25+.